The number of ether oxygens (including phenoxy) is 1. The molecule has 0 saturated heterocycles. The fourth-order valence-electron chi connectivity index (χ4n) is 3.04. The Morgan fingerprint density at radius 3 is 2.43 bits per heavy atom. The minimum Gasteiger partial charge on any atom is -0.497 e. The van der Waals surface area contributed by atoms with Gasteiger partial charge in [0.25, 0.3) is 5.22 Å². The van der Waals surface area contributed by atoms with Crippen molar-refractivity contribution in [2.45, 2.75) is 38.2 Å². The number of H-pyrrole nitrogens is 1. The first kappa shape index (κ1) is 19.9. The minimum atomic E-state index is -0.458. The molecule has 0 amide bonds. The molecule has 3 aromatic rings. The summed E-state index contributed by atoms with van der Waals surface area (Å²) in [5.41, 5.74) is 3.15. The molecule has 0 radical (unpaired) electrons. The molecule has 0 spiro atoms. The normalized spacial score (nSPS) is 12.0. The number of aromatic amines is 1. The molecule has 8 heteroatoms. The molecule has 1 N–H and O–H groups in total. The van der Waals surface area contributed by atoms with Crippen molar-refractivity contribution >= 4 is 23.3 Å². The standard InChI is InChI=1S/C20H21N3O4S/c1-10-16(12(3)24)11(2)21-17(10)18(25)13(4)28-20-23-22-19(27-20)14-6-8-15(26-5)9-7-14/h6-9,13,21H,1-5H3/t13-/m1/s1. The molecule has 2 heterocycles. The zero-order valence-electron chi connectivity index (χ0n) is 16.3. The van der Waals surface area contributed by atoms with Crippen LogP contribution in [-0.4, -0.2) is 39.1 Å². The van der Waals surface area contributed by atoms with E-state index >= 15 is 0 Å². The number of benzene rings is 1. The van der Waals surface area contributed by atoms with Crippen molar-refractivity contribution in [2.24, 2.45) is 0 Å². The average Bonchev–Trinajstić information content (AvgIpc) is 3.25. The third kappa shape index (κ3) is 3.87. The van der Waals surface area contributed by atoms with Crippen molar-refractivity contribution in [2.75, 3.05) is 7.11 Å². The van der Waals surface area contributed by atoms with Gasteiger partial charge in [0, 0.05) is 16.8 Å². The maximum atomic E-state index is 12.8. The van der Waals surface area contributed by atoms with Gasteiger partial charge >= 0.3 is 0 Å². The van der Waals surface area contributed by atoms with Crippen LogP contribution in [0.3, 0.4) is 0 Å². The maximum Gasteiger partial charge on any atom is 0.277 e. The maximum absolute atomic E-state index is 12.8. The fourth-order valence-corrected chi connectivity index (χ4v) is 3.78. The first-order valence-electron chi connectivity index (χ1n) is 8.70. The lowest BCUT2D eigenvalue weighted by Crippen LogP contribution is -2.15. The minimum absolute atomic E-state index is 0.0633. The molecular weight excluding hydrogens is 378 g/mol. The Bertz CT molecular complexity index is 1020. The molecular formula is C20H21N3O4S. The second-order valence-electron chi connectivity index (χ2n) is 6.41. The van der Waals surface area contributed by atoms with Gasteiger partial charge in [-0.2, -0.15) is 0 Å². The van der Waals surface area contributed by atoms with E-state index in [1.54, 1.807) is 40.0 Å². The number of carbonyl (C=O) groups is 2. The van der Waals surface area contributed by atoms with Gasteiger partial charge in [0.2, 0.25) is 5.89 Å². The number of ketones is 2. The molecule has 2 aromatic heterocycles. The number of hydrogen-bond donors (Lipinski definition) is 1. The van der Waals surface area contributed by atoms with E-state index in [-0.39, 0.29) is 11.6 Å². The van der Waals surface area contributed by atoms with Gasteiger partial charge in [-0.15, -0.1) is 10.2 Å². The van der Waals surface area contributed by atoms with Gasteiger partial charge in [0.15, 0.2) is 11.6 Å². The van der Waals surface area contributed by atoms with Gasteiger partial charge in [0.1, 0.15) is 5.75 Å². The molecule has 0 aliphatic rings. The summed E-state index contributed by atoms with van der Waals surface area (Å²) in [5, 5.41) is 7.91. The monoisotopic (exact) mass is 399 g/mol. The predicted octanol–water partition coefficient (Wildman–Crippen LogP) is 4.26. The number of aromatic nitrogens is 3. The highest BCUT2D eigenvalue weighted by Gasteiger charge is 2.25. The van der Waals surface area contributed by atoms with E-state index in [0.29, 0.717) is 33.6 Å². The summed E-state index contributed by atoms with van der Waals surface area (Å²) in [6, 6.07) is 7.26. The van der Waals surface area contributed by atoms with Crippen LogP contribution in [0.1, 0.15) is 46.0 Å². The van der Waals surface area contributed by atoms with Gasteiger partial charge in [-0.05, 0) is 57.5 Å². The summed E-state index contributed by atoms with van der Waals surface area (Å²) in [4.78, 5) is 27.7. The third-order valence-electron chi connectivity index (χ3n) is 4.43. The summed E-state index contributed by atoms with van der Waals surface area (Å²) in [5.74, 6) is 0.920. The molecule has 0 fully saturated rings. The number of Topliss-reactive ketones (excluding diaryl/α,β-unsaturated/α-hetero) is 2. The van der Waals surface area contributed by atoms with Crippen LogP contribution in [0.25, 0.3) is 11.5 Å². The van der Waals surface area contributed by atoms with Crippen LogP contribution in [0.5, 0.6) is 5.75 Å². The lowest BCUT2D eigenvalue weighted by molar-refractivity contribution is 0.0988. The van der Waals surface area contributed by atoms with Crippen molar-refractivity contribution in [1.82, 2.24) is 15.2 Å². The van der Waals surface area contributed by atoms with Crippen LogP contribution in [0.4, 0.5) is 0 Å². The van der Waals surface area contributed by atoms with Crippen molar-refractivity contribution in [3.63, 3.8) is 0 Å². The molecule has 1 aromatic carbocycles. The Labute approximate surface area is 166 Å². The first-order chi connectivity index (χ1) is 13.3. The fraction of sp³-hybridized carbons (Fsp3) is 0.300. The zero-order valence-corrected chi connectivity index (χ0v) is 17.1. The second-order valence-corrected chi connectivity index (χ2v) is 7.70. The lowest BCUT2D eigenvalue weighted by Gasteiger charge is -2.07. The Balaban J connectivity index is 1.75. The van der Waals surface area contributed by atoms with Gasteiger partial charge in [-0.25, -0.2) is 0 Å². The van der Waals surface area contributed by atoms with Crippen LogP contribution in [0.15, 0.2) is 33.9 Å². The zero-order chi connectivity index (χ0) is 20.4. The van der Waals surface area contributed by atoms with Crippen molar-refractivity contribution < 1.29 is 18.7 Å². The molecule has 7 nitrogen and oxygen atoms in total. The van der Waals surface area contributed by atoms with E-state index in [1.807, 2.05) is 12.1 Å². The van der Waals surface area contributed by atoms with Crippen LogP contribution in [0, 0.1) is 13.8 Å². The predicted molar refractivity (Wildman–Crippen MR) is 106 cm³/mol. The molecule has 0 saturated carbocycles. The Morgan fingerprint density at radius 1 is 1.18 bits per heavy atom. The summed E-state index contributed by atoms with van der Waals surface area (Å²) >= 11 is 1.18. The summed E-state index contributed by atoms with van der Waals surface area (Å²) in [6.07, 6.45) is 0. The molecule has 3 rings (SSSR count). The van der Waals surface area contributed by atoms with Gasteiger partial charge in [-0.1, -0.05) is 11.8 Å². The number of rotatable bonds is 7. The lowest BCUT2D eigenvalue weighted by atomic mass is 10.0. The van der Waals surface area contributed by atoms with Crippen LogP contribution in [-0.2, 0) is 0 Å². The molecule has 0 bridgehead atoms. The Hall–Kier alpha value is -2.87. The molecule has 0 aliphatic heterocycles. The third-order valence-corrected chi connectivity index (χ3v) is 5.36. The highest BCUT2D eigenvalue weighted by molar-refractivity contribution is 8.00. The van der Waals surface area contributed by atoms with Crippen molar-refractivity contribution in [1.29, 1.82) is 0 Å². The van der Waals surface area contributed by atoms with E-state index in [2.05, 4.69) is 15.2 Å². The van der Waals surface area contributed by atoms with Crippen LogP contribution in [0.2, 0.25) is 0 Å². The number of thioether (sulfide) groups is 1. The number of methoxy groups -OCH3 is 1. The van der Waals surface area contributed by atoms with E-state index in [9.17, 15) is 9.59 Å². The van der Waals surface area contributed by atoms with Gasteiger partial charge in [-0.3, -0.25) is 9.59 Å². The molecule has 1 atom stereocenters. The molecule has 0 aliphatic carbocycles. The number of nitrogens with one attached hydrogen (secondary N) is 1. The SMILES string of the molecule is COc1ccc(-c2nnc(S[C@H](C)C(=O)c3[nH]c(C)c(C(C)=O)c3C)o2)cc1. The van der Waals surface area contributed by atoms with E-state index in [1.165, 1.54) is 18.7 Å². The number of carbonyl (C=O) groups excluding carboxylic acids is 2. The highest BCUT2D eigenvalue weighted by atomic mass is 32.2. The smallest absolute Gasteiger partial charge is 0.277 e. The first-order valence-corrected chi connectivity index (χ1v) is 9.58. The molecule has 28 heavy (non-hydrogen) atoms. The average molecular weight is 399 g/mol. The molecule has 146 valence electrons. The topological polar surface area (TPSA) is 98.1 Å². The van der Waals surface area contributed by atoms with E-state index in [4.69, 9.17) is 9.15 Å². The van der Waals surface area contributed by atoms with Gasteiger partial charge in [0.05, 0.1) is 18.1 Å². The van der Waals surface area contributed by atoms with Crippen LogP contribution >= 0.6 is 11.8 Å². The van der Waals surface area contributed by atoms with Crippen molar-refractivity contribution in [3.05, 3.63) is 46.8 Å². The highest BCUT2D eigenvalue weighted by Crippen LogP contribution is 2.29. The summed E-state index contributed by atoms with van der Waals surface area (Å²) in [7, 11) is 1.60. The number of hydrogen-bond acceptors (Lipinski definition) is 7. The van der Waals surface area contributed by atoms with Crippen molar-refractivity contribution in [3.8, 4) is 17.2 Å². The van der Waals surface area contributed by atoms with Gasteiger partial charge < -0.3 is 14.1 Å². The summed E-state index contributed by atoms with van der Waals surface area (Å²) in [6.45, 7) is 6.83. The quantitative estimate of drug-likeness (QED) is 0.468. The van der Waals surface area contributed by atoms with E-state index in [0.717, 1.165) is 11.3 Å². The number of nitrogens with zero attached hydrogens (tertiary/aromatic N) is 2. The number of aryl methyl sites for hydroxylation is 1. The summed E-state index contributed by atoms with van der Waals surface area (Å²) < 4.78 is 10.8. The molecule has 0 unspecified atom stereocenters. The van der Waals surface area contributed by atoms with Crippen LogP contribution < -0.4 is 4.74 Å². The van der Waals surface area contributed by atoms with E-state index < -0.39 is 5.25 Å². The Morgan fingerprint density at radius 2 is 1.86 bits per heavy atom. The Kier molecular flexibility index (Phi) is 5.69. The largest absolute Gasteiger partial charge is 0.497 e. The second kappa shape index (κ2) is 8.02.